The lowest BCUT2D eigenvalue weighted by atomic mass is 9.70. The summed E-state index contributed by atoms with van der Waals surface area (Å²) < 4.78 is 5.69. The van der Waals surface area contributed by atoms with Crippen LogP contribution in [0, 0.1) is 23.7 Å². The number of hydrogen-bond donors (Lipinski definition) is 0. The standard InChI is InChI=1S/C13H22O2/c1-4-15-12-7-11(14)13-8(2)5-6-10(13)9(12)3/h8-10,12-13H,4-7H2,1-3H3/t8-,9?,10+,12?,13+/m1/s1. The second-order valence-electron chi connectivity index (χ2n) is 5.27. The number of Topliss-reactive ketones (excluding diaryl/α,β-unsaturated/α-hetero) is 1. The lowest BCUT2D eigenvalue weighted by Crippen LogP contribution is -2.42. The molecule has 2 nitrogen and oxygen atoms in total. The number of hydrogen-bond acceptors (Lipinski definition) is 2. The molecule has 0 spiro atoms. The molecule has 0 bridgehead atoms. The molecule has 15 heavy (non-hydrogen) atoms. The summed E-state index contributed by atoms with van der Waals surface area (Å²) in [5.74, 6) is 2.57. The maximum Gasteiger partial charge on any atom is 0.139 e. The highest BCUT2D eigenvalue weighted by molar-refractivity contribution is 5.83. The van der Waals surface area contributed by atoms with Crippen LogP contribution < -0.4 is 0 Å². The first-order valence-electron chi connectivity index (χ1n) is 6.29. The minimum atomic E-state index is 0.189. The Hall–Kier alpha value is -0.370. The molecule has 5 atom stereocenters. The van der Waals surface area contributed by atoms with Gasteiger partial charge in [0.05, 0.1) is 6.10 Å². The Morgan fingerprint density at radius 3 is 2.73 bits per heavy atom. The van der Waals surface area contributed by atoms with Crippen molar-refractivity contribution in [2.75, 3.05) is 6.61 Å². The van der Waals surface area contributed by atoms with Crippen molar-refractivity contribution in [1.82, 2.24) is 0 Å². The molecule has 0 radical (unpaired) electrons. The van der Waals surface area contributed by atoms with Crippen molar-refractivity contribution in [2.24, 2.45) is 23.7 Å². The van der Waals surface area contributed by atoms with Crippen molar-refractivity contribution in [3.63, 3.8) is 0 Å². The fourth-order valence-electron chi connectivity index (χ4n) is 3.60. The molecule has 0 amide bonds. The third-order valence-corrected chi connectivity index (χ3v) is 4.45. The van der Waals surface area contributed by atoms with Crippen LogP contribution in [0.5, 0.6) is 0 Å². The Labute approximate surface area is 92.4 Å². The second kappa shape index (κ2) is 4.25. The number of rotatable bonds is 2. The maximum atomic E-state index is 12.0. The van der Waals surface area contributed by atoms with E-state index in [0.717, 1.165) is 6.61 Å². The third kappa shape index (κ3) is 1.84. The van der Waals surface area contributed by atoms with E-state index in [4.69, 9.17) is 4.74 Å². The maximum absolute atomic E-state index is 12.0. The average molecular weight is 210 g/mol. The Bertz CT molecular complexity index is 249. The van der Waals surface area contributed by atoms with E-state index in [0.29, 0.717) is 35.9 Å². The highest BCUT2D eigenvalue weighted by Crippen LogP contribution is 2.47. The van der Waals surface area contributed by atoms with Gasteiger partial charge in [-0.05, 0) is 37.5 Å². The van der Waals surface area contributed by atoms with Gasteiger partial charge in [-0.25, -0.2) is 0 Å². The number of fused-ring (bicyclic) bond motifs is 1. The molecule has 2 unspecified atom stereocenters. The van der Waals surface area contributed by atoms with Gasteiger partial charge >= 0.3 is 0 Å². The molecule has 0 aromatic heterocycles. The van der Waals surface area contributed by atoms with Gasteiger partial charge in [-0.15, -0.1) is 0 Å². The van der Waals surface area contributed by atoms with E-state index in [1.807, 2.05) is 6.92 Å². The molecule has 0 aliphatic heterocycles. The van der Waals surface area contributed by atoms with Crippen LogP contribution in [0.2, 0.25) is 0 Å². The quantitative estimate of drug-likeness (QED) is 0.700. The van der Waals surface area contributed by atoms with E-state index in [-0.39, 0.29) is 6.10 Å². The first kappa shape index (κ1) is 11.1. The largest absolute Gasteiger partial charge is 0.378 e. The number of ketones is 1. The first-order valence-corrected chi connectivity index (χ1v) is 6.29. The average Bonchev–Trinajstić information content (AvgIpc) is 2.57. The second-order valence-corrected chi connectivity index (χ2v) is 5.27. The molecule has 0 N–H and O–H groups in total. The summed E-state index contributed by atoms with van der Waals surface area (Å²) in [6, 6.07) is 0. The van der Waals surface area contributed by atoms with E-state index in [9.17, 15) is 4.79 Å². The van der Waals surface area contributed by atoms with Gasteiger partial charge in [0.15, 0.2) is 0 Å². The topological polar surface area (TPSA) is 26.3 Å². The van der Waals surface area contributed by atoms with Crippen LogP contribution in [-0.4, -0.2) is 18.5 Å². The van der Waals surface area contributed by atoms with E-state index >= 15 is 0 Å². The Morgan fingerprint density at radius 2 is 2.07 bits per heavy atom. The van der Waals surface area contributed by atoms with Crippen LogP contribution >= 0.6 is 0 Å². The van der Waals surface area contributed by atoms with Gasteiger partial charge in [-0.1, -0.05) is 13.8 Å². The van der Waals surface area contributed by atoms with E-state index in [1.54, 1.807) is 0 Å². The Morgan fingerprint density at radius 1 is 1.33 bits per heavy atom. The summed E-state index contributed by atoms with van der Waals surface area (Å²) in [5, 5.41) is 0. The first-order chi connectivity index (χ1) is 7.15. The molecule has 2 fully saturated rings. The lowest BCUT2D eigenvalue weighted by molar-refractivity contribution is -0.137. The zero-order valence-corrected chi connectivity index (χ0v) is 10.0. The van der Waals surface area contributed by atoms with Gasteiger partial charge < -0.3 is 4.74 Å². The highest BCUT2D eigenvalue weighted by atomic mass is 16.5. The molecular weight excluding hydrogens is 188 g/mol. The number of carbonyl (C=O) groups is 1. The van der Waals surface area contributed by atoms with Crippen LogP contribution in [0.15, 0.2) is 0 Å². The molecule has 0 saturated heterocycles. The van der Waals surface area contributed by atoms with E-state index in [1.165, 1.54) is 12.8 Å². The van der Waals surface area contributed by atoms with Crippen molar-refractivity contribution in [1.29, 1.82) is 0 Å². The normalized spacial score (nSPS) is 45.5. The van der Waals surface area contributed by atoms with Crippen molar-refractivity contribution < 1.29 is 9.53 Å². The molecule has 2 aliphatic carbocycles. The van der Waals surface area contributed by atoms with Crippen molar-refractivity contribution in [3.05, 3.63) is 0 Å². The minimum absolute atomic E-state index is 0.189. The zero-order valence-electron chi connectivity index (χ0n) is 10.0. The molecular formula is C13H22O2. The predicted molar refractivity (Wildman–Crippen MR) is 59.6 cm³/mol. The minimum Gasteiger partial charge on any atom is -0.378 e. The van der Waals surface area contributed by atoms with Crippen LogP contribution in [0.25, 0.3) is 0 Å². The molecule has 2 heteroatoms. The summed E-state index contributed by atoms with van der Waals surface area (Å²) in [4.78, 5) is 12.0. The molecule has 0 heterocycles. The summed E-state index contributed by atoms with van der Waals surface area (Å²) >= 11 is 0. The summed E-state index contributed by atoms with van der Waals surface area (Å²) in [6.07, 6.45) is 3.29. The van der Waals surface area contributed by atoms with Gasteiger partial charge in [0.25, 0.3) is 0 Å². The summed E-state index contributed by atoms with van der Waals surface area (Å²) in [6.45, 7) is 7.24. The molecule has 0 aromatic rings. The van der Waals surface area contributed by atoms with Gasteiger partial charge in [-0.2, -0.15) is 0 Å². The van der Waals surface area contributed by atoms with Gasteiger partial charge in [-0.3, -0.25) is 4.79 Å². The van der Waals surface area contributed by atoms with Crippen LogP contribution in [0.1, 0.15) is 40.0 Å². The zero-order chi connectivity index (χ0) is 11.0. The van der Waals surface area contributed by atoms with Crippen LogP contribution in [0.3, 0.4) is 0 Å². The smallest absolute Gasteiger partial charge is 0.139 e. The summed E-state index contributed by atoms with van der Waals surface area (Å²) in [7, 11) is 0. The third-order valence-electron chi connectivity index (χ3n) is 4.45. The Kier molecular flexibility index (Phi) is 3.15. The van der Waals surface area contributed by atoms with Crippen LogP contribution in [-0.2, 0) is 9.53 Å². The number of ether oxygens (including phenoxy) is 1. The SMILES string of the molecule is CCOC1CC(=O)[C@H]2[C@H](C)CC[C@H]2C1C. The molecule has 86 valence electrons. The lowest BCUT2D eigenvalue weighted by Gasteiger charge is -2.38. The van der Waals surface area contributed by atoms with Crippen molar-refractivity contribution >= 4 is 5.78 Å². The van der Waals surface area contributed by atoms with Gasteiger partial charge in [0.2, 0.25) is 0 Å². The highest BCUT2D eigenvalue weighted by Gasteiger charge is 2.47. The van der Waals surface area contributed by atoms with Crippen LogP contribution in [0.4, 0.5) is 0 Å². The Balaban J connectivity index is 2.12. The van der Waals surface area contributed by atoms with E-state index < -0.39 is 0 Å². The monoisotopic (exact) mass is 210 g/mol. The van der Waals surface area contributed by atoms with E-state index in [2.05, 4.69) is 13.8 Å². The molecule has 2 aliphatic rings. The summed E-state index contributed by atoms with van der Waals surface area (Å²) in [5.41, 5.74) is 0. The van der Waals surface area contributed by atoms with Gasteiger partial charge in [0.1, 0.15) is 5.78 Å². The number of carbonyl (C=O) groups excluding carboxylic acids is 1. The fourth-order valence-corrected chi connectivity index (χ4v) is 3.60. The predicted octanol–water partition coefficient (Wildman–Crippen LogP) is 2.66. The van der Waals surface area contributed by atoms with Gasteiger partial charge in [0, 0.05) is 18.9 Å². The molecule has 0 aromatic carbocycles. The molecule has 2 rings (SSSR count). The van der Waals surface area contributed by atoms with Crippen molar-refractivity contribution in [2.45, 2.75) is 46.1 Å². The van der Waals surface area contributed by atoms with Crippen molar-refractivity contribution in [3.8, 4) is 0 Å². The molecule has 2 saturated carbocycles. The fraction of sp³-hybridized carbons (Fsp3) is 0.923.